The molecule has 0 unspecified atom stereocenters. The van der Waals surface area contributed by atoms with Gasteiger partial charge in [-0.05, 0) is 20.8 Å². The van der Waals surface area contributed by atoms with Crippen LogP contribution < -0.4 is 0 Å². The molecule has 0 spiro atoms. The standard InChI is InChI=1S/C7H12ClN3/c1-5(2)11-6(3)7(4-8)9-10-11/h5H,4H2,1-3H3. The van der Waals surface area contributed by atoms with E-state index in [0.717, 1.165) is 11.4 Å². The van der Waals surface area contributed by atoms with Crippen LogP contribution in [0.25, 0.3) is 0 Å². The van der Waals surface area contributed by atoms with Crippen LogP contribution in [0.3, 0.4) is 0 Å². The molecule has 0 saturated heterocycles. The van der Waals surface area contributed by atoms with Crippen LogP contribution in [0.15, 0.2) is 0 Å². The molecule has 0 aliphatic heterocycles. The molecule has 3 nitrogen and oxygen atoms in total. The first-order valence-electron chi connectivity index (χ1n) is 3.63. The number of aromatic nitrogens is 3. The Morgan fingerprint density at radius 1 is 1.55 bits per heavy atom. The van der Waals surface area contributed by atoms with Crippen molar-refractivity contribution in [2.24, 2.45) is 0 Å². The molecule has 1 heterocycles. The first-order chi connectivity index (χ1) is 5.16. The van der Waals surface area contributed by atoms with Crippen molar-refractivity contribution >= 4 is 11.6 Å². The number of nitrogens with zero attached hydrogens (tertiary/aromatic N) is 3. The SMILES string of the molecule is Cc1c(CCl)nnn1C(C)C. The molecule has 1 aromatic heterocycles. The molecule has 0 fully saturated rings. The Labute approximate surface area is 71.4 Å². The van der Waals surface area contributed by atoms with Gasteiger partial charge < -0.3 is 0 Å². The van der Waals surface area contributed by atoms with E-state index in [-0.39, 0.29) is 0 Å². The second-order valence-corrected chi connectivity index (χ2v) is 3.06. The highest BCUT2D eigenvalue weighted by molar-refractivity contribution is 6.16. The van der Waals surface area contributed by atoms with Crippen LogP contribution in [0.1, 0.15) is 31.3 Å². The van der Waals surface area contributed by atoms with Gasteiger partial charge in [-0.2, -0.15) is 0 Å². The van der Waals surface area contributed by atoms with E-state index >= 15 is 0 Å². The predicted molar refractivity (Wildman–Crippen MR) is 44.7 cm³/mol. The Kier molecular flexibility index (Phi) is 2.49. The molecule has 4 heteroatoms. The summed E-state index contributed by atoms with van der Waals surface area (Å²) in [6.45, 7) is 6.12. The molecule has 0 aliphatic rings. The summed E-state index contributed by atoms with van der Waals surface area (Å²) in [6, 6.07) is 0.361. The zero-order chi connectivity index (χ0) is 8.43. The zero-order valence-corrected chi connectivity index (χ0v) is 7.76. The van der Waals surface area contributed by atoms with E-state index in [1.165, 1.54) is 0 Å². The average Bonchev–Trinajstić information content (AvgIpc) is 2.30. The van der Waals surface area contributed by atoms with Gasteiger partial charge in [0.2, 0.25) is 0 Å². The van der Waals surface area contributed by atoms with Gasteiger partial charge in [-0.15, -0.1) is 16.7 Å². The van der Waals surface area contributed by atoms with Crippen LogP contribution in [0.5, 0.6) is 0 Å². The molecule has 0 amide bonds. The van der Waals surface area contributed by atoms with Crippen molar-refractivity contribution in [1.82, 2.24) is 15.0 Å². The summed E-state index contributed by atoms with van der Waals surface area (Å²) in [5.74, 6) is 0.443. The lowest BCUT2D eigenvalue weighted by Gasteiger charge is -2.05. The van der Waals surface area contributed by atoms with Crippen molar-refractivity contribution in [2.45, 2.75) is 32.7 Å². The van der Waals surface area contributed by atoms with Gasteiger partial charge in [-0.3, -0.25) is 0 Å². The van der Waals surface area contributed by atoms with Gasteiger partial charge in [-0.25, -0.2) is 4.68 Å². The van der Waals surface area contributed by atoms with Crippen LogP contribution in [0.4, 0.5) is 0 Å². The van der Waals surface area contributed by atoms with Gasteiger partial charge in [0.05, 0.1) is 11.6 Å². The fourth-order valence-electron chi connectivity index (χ4n) is 0.988. The number of hydrogen-bond acceptors (Lipinski definition) is 2. The lowest BCUT2D eigenvalue weighted by molar-refractivity contribution is 0.502. The van der Waals surface area contributed by atoms with E-state index in [1.807, 2.05) is 11.6 Å². The van der Waals surface area contributed by atoms with Gasteiger partial charge in [0.15, 0.2) is 0 Å². The van der Waals surface area contributed by atoms with Crippen molar-refractivity contribution in [3.8, 4) is 0 Å². The maximum Gasteiger partial charge on any atom is 0.100 e. The van der Waals surface area contributed by atoms with Crippen LogP contribution >= 0.6 is 11.6 Å². The molecule has 0 N–H and O–H groups in total. The third-order valence-corrected chi connectivity index (χ3v) is 1.89. The lowest BCUT2D eigenvalue weighted by atomic mass is 10.3. The molecule has 0 aliphatic carbocycles. The maximum atomic E-state index is 5.63. The molecule has 0 aromatic carbocycles. The fraction of sp³-hybridized carbons (Fsp3) is 0.714. The summed E-state index contributed by atoms with van der Waals surface area (Å²) in [6.07, 6.45) is 0. The molecule has 1 rings (SSSR count). The van der Waals surface area contributed by atoms with Gasteiger partial charge in [0.25, 0.3) is 0 Å². The minimum atomic E-state index is 0.361. The van der Waals surface area contributed by atoms with E-state index in [4.69, 9.17) is 11.6 Å². The molecule has 11 heavy (non-hydrogen) atoms. The Morgan fingerprint density at radius 2 is 2.18 bits per heavy atom. The number of rotatable bonds is 2. The molecule has 62 valence electrons. The highest BCUT2D eigenvalue weighted by Gasteiger charge is 2.08. The summed E-state index contributed by atoms with van der Waals surface area (Å²) in [7, 11) is 0. The number of halogens is 1. The van der Waals surface area contributed by atoms with Gasteiger partial charge in [-0.1, -0.05) is 5.21 Å². The van der Waals surface area contributed by atoms with Crippen molar-refractivity contribution in [3.63, 3.8) is 0 Å². The topological polar surface area (TPSA) is 30.7 Å². The summed E-state index contributed by atoms with van der Waals surface area (Å²) < 4.78 is 1.87. The van der Waals surface area contributed by atoms with Gasteiger partial charge >= 0.3 is 0 Å². The summed E-state index contributed by atoms with van der Waals surface area (Å²) in [4.78, 5) is 0. The summed E-state index contributed by atoms with van der Waals surface area (Å²) >= 11 is 5.63. The fourth-order valence-corrected chi connectivity index (χ4v) is 1.23. The molecule has 0 radical (unpaired) electrons. The Bertz CT molecular complexity index is 242. The predicted octanol–water partition coefficient (Wildman–Crippen LogP) is 1.91. The minimum absolute atomic E-state index is 0.361. The van der Waals surface area contributed by atoms with Crippen molar-refractivity contribution in [2.75, 3.05) is 0 Å². The molecule has 0 bridgehead atoms. The van der Waals surface area contributed by atoms with E-state index in [2.05, 4.69) is 24.2 Å². The molecule has 0 saturated carbocycles. The highest BCUT2D eigenvalue weighted by Crippen LogP contribution is 2.11. The van der Waals surface area contributed by atoms with Crippen LogP contribution in [-0.4, -0.2) is 15.0 Å². The molecule has 1 aromatic rings. The molecule has 0 atom stereocenters. The van der Waals surface area contributed by atoms with E-state index in [0.29, 0.717) is 11.9 Å². The van der Waals surface area contributed by atoms with Crippen LogP contribution in [-0.2, 0) is 5.88 Å². The third kappa shape index (κ3) is 1.53. The summed E-state index contributed by atoms with van der Waals surface area (Å²) in [5, 5.41) is 7.90. The quantitative estimate of drug-likeness (QED) is 0.640. The smallest absolute Gasteiger partial charge is 0.100 e. The lowest BCUT2D eigenvalue weighted by Crippen LogP contribution is -2.04. The first-order valence-corrected chi connectivity index (χ1v) is 4.17. The largest absolute Gasteiger partial charge is 0.247 e. The monoisotopic (exact) mass is 173 g/mol. The number of hydrogen-bond donors (Lipinski definition) is 0. The molecular formula is C7H12ClN3. The third-order valence-electron chi connectivity index (χ3n) is 1.64. The zero-order valence-electron chi connectivity index (χ0n) is 7.00. The average molecular weight is 174 g/mol. The van der Waals surface area contributed by atoms with Crippen molar-refractivity contribution in [3.05, 3.63) is 11.4 Å². The minimum Gasteiger partial charge on any atom is -0.247 e. The Hall–Kier alpha value is -0.570. The van der Waals surface area contributed by atoms with Crippen LogP contribution in [0, 0.1) is 6.92 Å². The van der Waals surface area contributed by atoms with Crippen molar-refractivity contribution < 1.29 is 0 Å². The normalized spacial score (nSPS) is 11.0. The highest BCUT2D eigenvalue weighted by atomic mass is 35.5. The van der Waals surface area contributed by atoms with Crippen LogP contribution in [0.2, 0.25) is 0 Å². The van der Waals surface area contributed by atoms with Crippen molar-refractivity contribution in [1.29, 1.82) is 0 Å². The Balaban J connectivity index is 3.00. The van der Waals surface area contributed by atoms with Gasteiger partial charge in [0.1, 0.15) is 5.69 Å². The number of alkyl halides is 1. The van der Waals surface area contributed by atoms with E-state index in [9.17, 15) is 0 Å². The maximum absolute atomic E-state index is 5.63. The van der Waals surface area contributed by atoms with E-state index in [1.54, 1.807) is 0 Å². The second kappa shape index (κ2) is 3.22. The van der Waals surface area contributed by atoms with E-state index < -0.39 is 0 Å². The first kappa shape index (κ1) is 8.53. The second-order valence-electron chi connectivity index (χ2n) is 2.79. The summed E-state index contributed by atoms with van der Waals surface area (Å²) in [5.41, 5.74) is 1.94. The van der Waals surface area contributed by atoms with Gasteiger partial charge in [0, 0.05) is 6.04 Å². The molecular weight excluding hydrogens is 162 g/mol. The Morgan fingerprint density at radius 3 is 2.45 bits per heavy atom.